The van der Waals surface area contributed by atoms with Gasteiger partial charge in [-0.1, -0.05) is 59.6 Å². The van der Waals surface area contributed by atoms with Crippen molar-refractivity contribution in [3.8, 4) is 0 Å². The molecule has 3 nitrogen and oxygen atoms in total. The maximum Gasteiger partial charge on any atom is 0.255 e. The summed E-state index contributed by atoms with van der Waals surface area (Å²) in [6.45, 7) is 2.05. The highest BCUT2D eigenvalue weighted by Crippen LogP contribution is 2.15. The van der Waals surface area contributed by atoms with Gasteiger partial charge in [-0.25, -0.2) is 0 Å². The van der Waals surface area contributed by atoms with Crippen LogP contribution in [0.1, 0.15) is 33.5 Å². The summed E-state index contributed by atoms with van der Waals surface area (Å²) in [5.41, 5.74) is 4.52. The smallest absolute Gasteiger partial charge is 0.255 e. The molecule has 3 aromatic carbocycles. The summed E-state index contributed by atoms with van der Waals surface area (Å²) in [5.74, 6) is -0.0132. The molecule has 0 fully saturated rings. The van der Waals surface area contributed by atoms with Gasteiger partial charge in [-0.05, 0) is 54.8 Å². The molecule has 28 heavy (non-hydrogen) atoms. The van der Waals surface area contributed by atoms with Gasteiger partial charge in [-0.2, -0.15) is 0 Å². The molecule has 4 heteroatoms. The summed E-state index contributed by atoms with van der Waals surface area (Å²) in [6.07, 6.45) is 1.68. The summed E-state index contributed by atoms with van der Waals surface area (Å²) in [6, 6.07) is 22.4. The Morgan fingerprint density at radius 3 is 2.25 bits per heavy atom. The number of Topliss-reactive ketones (excluding diaryl/α,β-unsaturated/α-hetero) is 1. The van der Waals surface area contributed by atoms with Gasteiger partial charge in [0.1, 0.15) is 5.78 Å². The van der Waals surface area contributed by atoms with E-state index in [0.717, 1.165) is 12.0 Å². The van der Waals surface area contributed by atoms with Gasteiger partial charge >= 0.3 is 0 Å². The fourth-order valence-electron chi connectivity index (χ4n) is 2.89. The maximum absolute atomic E-state index is 12.3. The zero-order valence-electron chi connectivity index (χ0n) is 15.7. The molecule has 0 bridgehead atoms. The minimum Gasteiger partial charge on any atom is -0.322 e. The SMILES string of the molecule is Cc1ccc(CCC(=O)Cc2ccc(NC(=O)c3cccc(Cl)c3)cc2)cc1. The zero-order chi connectivity index (χ0) is 19.9. The van der Waals surface area contributed by atoms with Crippen LogP contribution in [0.2, 0.25) is 5.02 Å². The van der Waals surface area contributed by atoms with Crippen LogP contribution in [0.5, 0.6) is 0 Å². The van der Waals surface area contributed by atoms with E-state index in [1.165, 1.54) is 11.1 Å². The average Bonchev–Trinajstić information content (AvgIpc) is 2.69. The van der Waals surface area contributed by atoms with E-state index in [0.29, 0.717) is 29.1 Å². The molecular weight excluding hydrogens is 370 g/mol. The second-order valence-electron chi connectivity index (χ2n) is 6.86. The zero-order valence-corrected chi connectivity index (χ0v) is 16.5. The molecule has 0 radical (unpaired) electrons. The van der Waals surface area contributed by atoms with Crippen molar-refractivity contribution in [2.45, 2.75) is 26.2 Å². The van der Waals surface area contributed by atoms with E-state index in [1.807, 2.05) is 24.3 Å². The summed E-state index contributed by atoms with van der Waals surface area (Å²) >= 11 is 5.92. The van der Waals surface area contributed by atoms with E-state index >= 15 is 0 Å². The normalized spacial score (nSPS) is 10.5. The number of carbonyl (C=O) groups is 2. The van der Waals surface area contributed by atoms with Crippen LogP contribution in [0.3, 0.4) is 0 Å². The Bertz CT molecular complexity index is 963. The molecule has 0 spiro atoms. The second kappa shape index (κ2) is 9.34. The van der Waals surface area contributed by atoms with Gasteiger partial charge in [0.25, 0.3) is 5.91 Å². The highest BCUT2D eigenvalue weighted by Gasteiger charge is 2.08. The largest absolute Gasteiger partial charge is 0.322 e. The van der Waals surface area contributed by atoms with Crippen molar-refractivity contribution in [2.75, 3.05) is 5.32 Å². The Morgan fingerprint density at radius 1 is 0.893 bits per heavy atom. The number of hydrogen-bond acceptors (Lipinski definition) is 2. The molecular formula is C24H22ClNO2. The molecule has 0 saturated heterocycles. The molecule has 1 N–H and O–H groups in total. The van der Waals surface area contributed by atoms with Crippen LogP contribution in [-0.2, 0) is 17.6 Å². The van der Waals surface area contributed by atoms with Gasteiger partial charge in [0.2, 0.25) is 0 Å². The molecule has 0 saturated carbocycles. The van der Waals surface area contributed by atoms with Crippen molar-refractivity contribution in [3.05, 3.63) is 100 Å². The van der Waals surface area contributed by atoms with E-state index < -0.39 is 0 Å². The van der Waals surface area contributed by atoms with Crippen molar-refractivity contribution >= 4 is 29.0 Å². The second-order valence-corrected chi connectivity index (χ2v) is 7.30. The number of rotatable bonds is 7. The highest BCUT2D eigenvalue weighted by atomic mass is 35.5. The lowest BCUT2D eigenvalue weighted by atomic mass is 10.0. The van der Waals surface area contributed by atoms with Crippen LogP contribution in [0.4, 0.5) is 5.69 Å². The number of anilines is 1. The number of nitrogens with one attached hydrogen (secondary N) is 1. The van der Waals surface area contributed by atoms with E-state index in [9.17, 15) is 9.59 Å². The fourth-order valence-corrected chi connectivity index (χ4v) is 3.08. The lowest BCUT2D eigenvalue weighted by Gasteiger charge is -2.07. The molecule has 0 aliphatic carbocycles. The van der Waals surface area contributed by atoms with Gasteiger partial charge < -0.3 is 5.32 Å². The maximum atomic E-state index is 12.3. The number of halogens is 1. The number of aryl methyl sites for hydroxylation is 2. The van der Waals surface area contributed by atoms with Gasteiger partial charge in [0.15, 0.2) is 0 Å². The lowest BCUT2D eigenvalue weighted by Crippen LogP contribution is -2.11. The molecule has 1 amide bonds. The first-order chi connectivity index (χ1) is 13.5. The summed E-state index contributed by atoms with van der Waals surface area (Å²) in [7, 11) is 0. The molecule has 3 rings (SSSR count). The van der Waals surface area contributed by atoms with Crippen molar-refractivity contribution in [3.63, 3.8) is 0 Å². The molecule has 0 aliphatic heterocycles. The summed E-state index contributed by atoms with van der Waals surface area (Å²) in [5, 5.41) is 3.36. The monoisotopic (exact) mass is 391 g/mol. The van der Waals surface area contributed by atoms with Crippen LogP contribution in [-0.4, -0.2) is 11.7 Å². The molecule has 0 aliphatic rings. The summed E-state index contributed by atoms with van der Waals surface area (Å²) < 4.78 is 0. The third kappa shape index (κ3) is 5.80. The Kier molecular flexibility index (Phi) is 6.62. The molecule has 0 unspecified atom stereocenters. The minimum absolute atomic E-state index is 0.205. The molecule has 0 atom stereocenters. The predicted octanol–water partition coefficient (Wildman–Crippen LogP) is 5.65. The van der Waals surface area contributed by atoms with Crippen molar-refractivity contribution in [1.82, 2.24) is 0 Å². The van der Waals surface area contributed by atoms with Crippen molar-refractivity contribution in [2.24, 2.45) is 0 Å². The first-order valence-corrected chi connectivity index (χ1v) is 9.60. The molecule has 0 heterocycles. The lowest BCUT2D eigenvalue weighted by molar-refractivity contribution is -0.118. The average molecular weight is 392 g/mol. The number of hydrogen-bond donors (Lipinski definition) is 1. The van der Waals surface area contributed by atoms with Crippen LogP contribution in [0.25, 0.3) is 0 Å². The number of carbonyl (C=O) groups excluding carboxylic acids is 2. The number of ketones is 1. The van der Waals surface area contributed by atoms with Gasteiger partial charge in [-0.3, -0.25) is 9.59 Å². The minimum atomic E-state index is -0.218. The van der Waals surface area contributed by atoms with Crippen LogP contribution >= 0.6 is 11.6 Å². The Morgan fingerprint density at radius 2 is 1.57 bits per heavy atom. The number of benzene rings is 3. The quantitative estimate of drug-likeness (QED) is 0.566. The van der Waals surface area contributed by atoms with E-state index in [-0.39, 0.29) is 11.7 Å². The van der Waals surface area contributed by atoms with Crippen LogP contribution in [0, 0.1) is 6.92 Å². The Labute approximate surface area is 170 Å². The highest BCUT2D eigenvalue weighted by molar-refractivity contribution is 6.31. The molecule has 142 valence electrons. The summed E-state index contributed by atoms with van der Waals surface area (Å²) in [4.78, 5) is 24.5. The molecule has 0 aromatic heterocycles. The van der Waals surface area contributed by atoms with Gasteiger partial charge in [0, 0.05) is 29.1 Å². The standard InChI is InChI=1S/C24H22ClNO2/c1-17-5-7-18(8-6-17)11-14-23(27)15-19-9-12-22(13-10-19)26-24(28)20-3-2-4-21(25)16-20/h2-10,12-13,16H,11,14-15H2,1H3,(H,26,28). The van der Waals surface area contributed by atoms with Crippen molar-refractivity contribution < 1.29 is 9.59 Å². The van der Waals surface area contributed by atoms with E-state index in [1.54, 1.807) is 24.3 Å². The Hall–Kier alpha value is -2.91. The first kappa shape index (κ1) is 19.8. The Balaban J connectivity index is 1.51. The first-order valence-electron chi connectivity index (χ1n) is 9.23. The molecule has 3 aromatic rings. The van der Waals surface area contributed by atoms with Gasteiger partial charge in [0.05, 0.1) is 0 Å². The van der Waals surface area contributed by atoms with E-state index in [2.05, 4.69) is 36.5 Å². The number of amides is 1. The van der Waals surface area contributed by atoms with Gasteiger partial charge in [-0.15, -0.1) is 0 Å². The topological polar surface area (TPSA) is 46.2 Å². The third-order valence-corrected chi connectivity index (χ3v) is 4.75. The van der Waals surface area contributed by atoms with Crippen LogP contribution in [0.15, 0.2) is 72.8 Å². The third-order valence-electron chi connectivity index (χ3n) is 4.51. The van der Waals surface area contributed by atoms with E-state index in [4.69, 9.17) is 11.6 Å². The fraction of sp³-hybridized carbons (Fsp3) is 0.167. The predicted molar refractivity (Wildman–Crippen MR) is 114 cm³/mol. The van der Waals surface area contributed by atoms with Crippen molar-refractivity contribution in [1.29, 1.82) is 0 Å². The van der Waals surface area contributed by atoms with Crippen LogP contribution < -0.4 is 5.32 Å².